The van der Waals surface area contributed by atoms with Crippen LogP contribution in [0.2, 0.25) is 0 Å². The predicted molar refractivity (Wildman–Crippen MR) is 107 cm³/mol. The zero-order valence-corrected chi connectivity index (χ0v) is 17.6. The number of esters is 1. The SMILES string of the molecule is COC(=O)CC[C@H]1CN(S(=O)(=O)c2cccc(C(F)(F)F)c2)c2cc(/C=N/O)ccc2O1. The Labute approximate surface area is 181 Å². The minimum absolute atomic E-state index is 0.0385. The van der Waals surface area contributed by atoms with Crippen LogP contribution in [0.4, 0.5) is 18.9 Å². The lowest BCUT2D eigenvalue weighted by molar-refractivity contribution is -0.141. The molecular weight excluding hydrogens is 453 g/mol. The predicted octanol–water partition coefficient (Wildman–Crippen LogP) is 3.42. The van der Waals surface area contributed by atoms with Gasteiger partial charge in [-0.15, -0.1) is 0 Å². The number of carbonyl (C=O) groups excluding carboxylic acids is 1. The quantitative estimate of drug-likeness (QED) is 0.299. The third-order valence-corrected chi connectivity index (χ3v) is 6.54. The van der Waals surface area contributed by atoms with Crippen molar-refractivity contribution >= 4 is 27.9 Å². The van der Waals surface area contributed by atoms with Crippen LogP contribution in [0.3, 0.4) is 0 Å². The molecule has 3 rings (SSSR count). The molecule has 172 valence electrons. The summed E-state index contributed by atoms with van der Waals surface area (Å²) in [5.41, 5.74) is -0.698. The number of methoxy groups -OCH3 is 1. The summed E-state index contributed by atoms with van der Waals surface area (Å²) in [6.45, 7) is -0.248. The van der Waals surface area contributed by atoms with Gasteiger partial charge >= 0.3 is 12.1 Å². The van der Waals surface area contributed by atoms with Crippen molar-refractivity contribution in [1.29, 1.82) is 0 Å². The number of hydrogen-bond acceptors (Lipinski definition) is 7. The number of sulfonamides is 1. The van der Waals surface area contributed by atoms with Crippen LogP contribution in [0, 0.1) is 0 Å². The maximum Gasteiger partial charge on any atom is 0.416 e. The number of hydrogen-bond donors (Lipinski definition) is 1. The van der Waals surface area contributed by atoms with Crippen LogP contribution in [0.15, 0.2) is 52.5 Å². The summed E-state index contributed by atoms with van der Waals surface area (Å²) in [6, 6.07) is 7.76. The number of alkyl halides is 3. The van der Waals surface area contributed by atoms with Crippen molar-refractivity contribution in [3.05, 3.63) is 53.6 Å². The van der Waals surface area contributed by atoms with Crippen LogP contribution in [0.1, 0.15) is 24.0 Å². The molecule has 32 heavy (non-hydrogen) atoms. The Morgan fingerprint density at radius 2 is 2.06 bits per heavy atom. The van der Waals surface area contributed by atoms with Gasteiger partial charge in [0.1, 0.15) is 11.9 Å². The number of rotatable bonds is 6. The Kier molecular flexibility index (Phi) is 6.63. The fraction of sp³-hybridized carbons (Fsp3) is 0.300. The first kappa shape index (κ1) is 23.4. The van der Waals surface area contributed by atoms with Gasteiger partial charge in [0.2, 0.25) is 0 Å². The van der Waals surface area contributed by atoms with E-state index in [1.165, 1.54) is 25.3 Å². The van der Waals surface area contributed by atoms with Crippen LogP contribution in [-0.4, -0.2) is 45.6 Å². The number of oxime groups is 1. The average molecular weight is 472 g/mol. The highest BCUT2D eigenvalue weighted by atomic mass is 32.2. The third kappa shape index (κ3) is 4.96. The maximum atomic E-state index is 13.4. The van der Waals surface area contributed by atoms with Crippen LogP contribution in [-0.2, 0) is 25.7 Å². The molecule has 1 aliphatic rings. The lowest BCUT2D eigenvalue weighted by atomic mass is 10.1. The Morgan fingerprint density at radius 1 is 1.31 bits per heavy atom. The highest BCUT2D eigenvalue weighted by Crippen LogP contribution is 2.39. The van der Waals surface area contributed by atoms with Crippen molar-refractivity contribution in [2.24, 2.45) is 5.16 Å². The molecular formula is C20H19F3N2O6S. The number of nitrogens with zero attached hydrogens (tertiary/aromatic N) is 2. The molecule has 1 heterocycles. The molecule has 1 aliphatic heterocycles. The summed E-state index contributed by atoms with van der Waals surface area (Å²) in [7, 11) is -3.22. The van der Waals surface area contributed by atoms with E-state index < -0.39 is 38.7 Å². The summed E-state index contributed by atoms with van der Waals surface area (Å²) < 4.78 is 77.5. The second kappa shape index (κ2) is 9.07. The van der Waals surface area contributed by atoms with Gasteiger partial charge in [0.15, 0.2) is 0 Å². The Hall–Kier alpha value is -3.28. The molecule has 0 saturated heterocycles. The second-order valence-electron chi connectivity index (χ2n) is 6.89. The van der Waals surface area contributed by atoms with Gasteiger partial charge in [-0.25, -0.2) is 8.42 Å². The first-order valence-electron chi connectivity index (χ1n) is 9.31. The molecule has 0 bridgehead atoms. The van der Waals surface area contributed by atoms with Crippen LogP contribution in [0.5, 0.6) is 5.75 Å². The van der Waals surface area contributed by atoms with E-state index in [9.17, 15) is 26.4 Å². The number of fused-ring (bicyclic) bond motifs is 1. The van der Waals surface area contributed by atoms with Gasteiger partial charge < -0.3 is 14.7 Å². The Bertz CT molecular complexity index is 1130. The van der Waals surface area contributed by atoms with Crippen molar-refractivity contribution in [1.82, 2.24) is 0 Å². The van der Waals surface area contributed by atoms with E-state index in [0.717, 1.165) is 28.7 Å². The first-order chi connectivity index (χ1) is 15.1. The Balaban J connectivity index is 2.05. The largest absolute Gasteiger partial charge is 0.486 e. The number of anilines is 1. The molecule has 2 aromatic rings. The van der Waals surface area contributed by atoms with Crippen LogP contribution >= 0.6 is 0 Å². The highest BCUT2D eigenvalue weighted by Gasteiger charge is 2.37. The molecule has 0 radical (unpaired) electrons. The first-order valence-corrected chi connectivity index (χ1v) is 10.7. The van der Waals surface area contributed by atoms with Gasteiger partial charge in [0, 0.05) is 6.42 Å². The van der Waals surface area contributed by atoms with Gasteiger partial charge in [-0.2, -0.15) is 13.2 Å². The number of ether oxygens (including phenoxy) is 2. The zero-order valence-electron chi connectivity index (χ0n) is 16.7. The molecule has 0 aliphatic carbocycles. The van der Waals surface area contributed by atoms with Crippen molar-refractivity contribution in [2.75, 3.05) is 18.0 Å². The normalized spacial score (nSPS) is 16.5. The van der Waals surface area contributed by atoms with Crippen LogP contribution in [0.25, 0.3) is 0 Å². The van der Waals surface area contributed by atoms with E-state index in [2.05, 4.69) is 9.89 Å². The van der Waals surface area contributed by atoms with E-state index in [1.54, 1.807) is 0 Å². The standard InChI is InChI=1S/C20H19F3N2O6S/c1-30-19(26)8-6-15-12-25(17-9-13(11-24-27)5-7-18(17)31-15)32(28,29)16-4-2-3-14(10-16)20(21,22)23/h2-5,7,9-11,15,27H,6,8,12H2,1H3/b24-11+/t15-/m0/s1. The molecule has 12 heteroatoms. The molecule has 0 unspecified atom stereocenters. The highest BCUT2D eigenvalue weighted by molar-refractivity contribution is 7.92. The summed E-state index contributed by atoms with van der Waals surface area (Å²) in [5, 5.41) is 11.7. The molecule has 0 amide bonds. The van der Waals surface area contributed by atoms with Gasteiger partial charge in [-0.3, -0.25) is 9.10 Å². The summed E-state index contributed by atoms with van der Waals surface area (Å²) in [5.74, 6) is -0.363. The molecule has 0 spiro atoms. The van der Waals surface area contributed by atoms with Gasteiger partial charge in [0.25, 0.3) is 10.0 Å². The molecule has 2 aromatic carbocycles. The van der Waals surface area contributed by atoms with Gasteiger partial charge in [-0.1, -0.05) is 11.2 Å². The third-order valence-electron chi connectivity index (χ3n) is 4.77. The Morgan fingerprint density at radius 3 is 2.72 bits per heavy atom. The molecule has 0 aromatic heterocycles. The molecule has 8 nitrogen and oxygen atoms in total. The minimum atomic E-state index is -4.72. The molecule has 1 N–H and O–H groups in total. The lowest BCUT2D eigenvalue weighted by Gasteiger charge is -2.35. The van der Waals surface area contributed by atoms with Crippen molar-refractivity contribution in [3.63, 3.8) is 0 Å². The summed E-state index contributed by atoms with van der Waals surface area (Å²) >= 11 is 0. The second-order valence-corrected chi connectivity index (χ2v) is 8.75. The van der Waals surface area contributed by atoms with E-state index >= 15 is 0 Å². The number of halogens is 3. The van der Waals surface area contributed by atoms with Gasteiger partial charge in [-0.05, 0) is 48.4 Å². The van der Waals surface area contributed by atoms with E-state index in [4.69, 9.17) is 9.94 Å². The van der Waals surface area contributed by atoms with Crippen molar-refractivity contribution in [3.8, 4) is 5.75 Å². The van der Waals surface area contributed by atoms with E-state index in [1.807, 2.05) is 0 Å². The summed E-state index contributed by atoms with van der Waals surface area (Å²) in [4.78, 5) is 10.9. The van der Waals surface area contributed by atoms with Crippen molar-refractivity contribution in [2.45, 2.75) is 30.0 Å². The molecule has 0 fully saturated rings. The fourth-order valence-electron chi connectivity index (χ4n) is 3.19. The fourth-order valence-corrected chi connectivity index (χ4v) is 4.74. The van der Waals surface area contributed by atoms with Gasteiger partial charge in [0.05, 0.1) is 36.0 Å². The zero-order chi connectivity index (χ0) is 23.5. The maximum absolute atomic E-state index is 13.4. The van der Waals surface area contributed by atoms with Crippen LogP contribution < -0.4 is 9.04 Å². The average Bonchev–Trinajstić information content (AvgIpc) is 2.76. The molecule has 0 saturated carbocycles. The lowest BCUT2D eigenvalue weighted by Crippen LogP contribution is -2.43. The van der Waals surface area contributed by atoms with E-state index in [-0.39, 0.29) is 30.8 Å². The summed E-state index contributed by atoms with van der Waals surface area (Å²) in [6.07, 6.45) is -4.32. The van der Waals surface area contributed by atoms with Crippen molar-refractivity contribution < 1.29 is 41.1 Å². The monoisotopic (exact) mass is 472 g/mol. The molecule has 1 atom stereocenters. The number of carbonyl (C=O) groups is 1. The topological polar surface area (TPSA) is 106 Å². The van der Waals surface area contributed by atoms with E-state index in [0.29, 0.717) is 11.6 Å². The minimum Gasteiger partial charge on any atom is -0.486 e. The smallest absolute Gasteiger partial charge is 0.416 e. The number of benzene rings is 2.